The van der Waals surface area contributed by atoms with Crippen molar-refractivity contribution in [2.45, 2.75) is 33.1 Å². The summed E-state index contributed by atoms with van der Waals surface area (Å²) in [6.07, 6.45) is 4.95. The molecule has 0 radical (unpaired) electrons. The van der Waals surface area contributed by atoms with Crippen LogP contribution in [0.15, 0.2) is 29.4 Å². The smallest absolute Gasteiger partial charge is 0.190 e. The largest absolute Gasteiger partial charge is 0.381 e. The van der Waals surface area contributed by atoms with Crippen LogP contribution >= 0.6 is 0 Å². The number of hydrogen-bond acceptors (Lipinski definition) is 4. The van der Waals surface area contributed by atoms with Gasteiger partial charge in [-0.25, -0.2) is 4.98 Å². The third kappa shape index (κ3) is 10.8. The monoisotopic (exact) mass is 335 g/mol. The predicted molar refractivity (Wildman–Crippen MR) is 102 cm³/mol. The van der Waals surface area contributed by atoms with Gasteiger partial charge in [-0.15, -0.1) is 0 Å². The molecule has 0 bridgehead atoms. The molecule has 1 aromatic heterocycles. The van der Waals surface area contributed by atoms with E-state index in [1.165, 1.54) is 0 Å². The van der Waals surface area contributed by atoms with E-state index < -0.39 is 0 Å². The zero-order chi connectivity index (χ0) is 17.5. The molecule has 0 amide bonds. The third-order valence-electron chi connectivity index (χ3n) is 3.30. The summed E-state index contributed by atoms with van der Waals surface area (Å²) < 4.78 is 5.56. The van der Waals surface area contributed by atoms with E-state index in [9.17, 15) is 0 Å². The molecule has 6 heteroatoms. The Balaban J connectivity index is 1.96. The van der Waals surface area contributed by atoms with Gasteiger partial charge in [-0.05, 0) is 37.3 Å². The van der Waals surface area contributed by atoms with Crippen LogP contribution in [0.3, 0.4) is 0 Å². The van der Waals surface area contributed by atoms with Crippen LogP contribution < -0.4 is 16.0 Å². The average molecular weight is 335 g/mol. The Bertz CT molecular complexity index is 436. The van der Waals surface area contributed by atoms with E-state index in [0.717, 1.165) is 63.9 Å². The molecular formula is C18H33N5O. The van der Waals surface area contributed by atoms with Crippen LogP contribution in [-0.4, -0.2) is 50.8 Å². The molecule has 1 aromatic rings. The van der Waals surface area contributed by atoms with Crippen molar-refractivity contribution in [1.82, 2.24) is 15.6 Å². The minimum atomic E-state index is 0.597. The number of hydrogen-bond donors (Lipinski definition) is 3. The van der Waals surface area contributed by atoms with Crippen LogP contribution in [0.4, 0.5) is 5.82 Å². The maximum atomic E-state index is 5.56. The SMILES string of the molecule is CN=C(NCCCCNc1ccccn1)NCCCOCC(C)C. The van der Waals surface area contributed by atoms with Crippen molar-refractivity contribution in [2.75, 3.05) is 45.2 Å². The van der Waals surface area contributed by atoms with Gasteiger partial charge in [0.25, 0.3) is 0 Å². The number of rotatable bonds is 12. The highest BCUT2D eigenvalue weighted by molar-refractivity contribution is 5.79. The highest BCUT2D eigenvalue weighted by Crippen LogP contribution is 2.00. The summed E-state index contributed by atoms with van der Waals surface area (Å²) in [5.41, 5.74) is 0. The fourth-order valence-corrected chi connectivity index (χ4v) is 2.06. The van der Waals surface area contributed by atoms with Gasteiger partial charge in [0, 0.05) is 46.1 Å². The van der Waals surface area contributed by atoms with Crippen LogP contribution in [0.1, 0.15) is 33.1 Å². The molecule has 1 heterocycles. The van der Waals surface area contributed by atoms with Crippen molar-refractivity contribution in [3.05, 3.63) is 24.4 Å². The second kappa shape index (κ2) is 13.6. The first-order valence-corrected chi connectivity index (χ1v) is 8.89. The van der Waals surface area contributed by atoms with E-state index in [2.05, 4.69) is 39.8 Å². The highest BCUT2D eigenvalue weighted by Gasteiger charge is 1.98. The molecule has 0 aliphatic rings. The summed E-state index contributed by atoms with van der Waals surface area (Å²) in [6.45, 7) is 8.66. The van der Waals surface area contributed by atoms with Gasteiger partial charge in [-0.1, -0.05) is 19.9 Å². The van der Waals surface area contributed by atoms with E-state index in [1.54, 1.807) is 13.2 Å². The van der Waals surface area contributed by atoms with E-state index >= 15 is 0 Å². The van der Waals surface area contributed by atoms with Crippen molar-refractivity contribution in [1.29, 1.82) is 0 Å². The molecule has 0 spiro atoms. The lowest BCUT2D eigenvalue weighted by atomic mass is 10.2. The van der Waals surface area contributed by atoms with Crippen molar-refractivity contribution >= 4 is 11.8 Å². The molecule has 0 fully saturated rings. The number of anilines is 1. The van der Waals surface area contributed by atoms with Gasteiger partial charge in [-0.3, -0.25) is 4.99 Å². The van der Waals surface area contributed by atoms with Crippen molar-refractivity contribution in [2.24, 2.45) is 10.9 Å². The lowest BCUT2D eigenvalue weighted by Gasteiger charge is -2.12. The van der Waals surface area contributed by atoms with Crippen LogP contribution in [0.2, 0.25) is 0 Å². The van der Waals surface area contributed by atoms with Gasteiger partial charge in [0.2, 0.25) is 0 Å². The summed E-state index contributed by atoms with van der Waals surface area (Å²) in [6, 6.07) is 5.89. The minimum Gasteiger partial charge on any atom is -0.381 e. The van der Waals surface area contributed by atoms with Gasteiger partial charge in [0.05, 0.1) is 0 Å². The summed E-state index contributed by atoms with van der Waals surface area (Å²) in [4.78, 5) is 8.46. The molecule has 3 N–H and O–H groups in total. The third-order valence-corrected chi connectivity index (χ3v) is 3.30. The van der Waals surface area contributed by atoms with Gasteiger partial charge in [0.15, 0.2) is 5.96 Å². The minimum absolute atomic E-state index is 0.597. The number of nitrogens with one attached hydrogen (secondary N) is 3. The maximum Gasteiger partial charge on any atom is 0.190 e. The van der Waals surface area contributed by atoms with E-state index in [0.29, 0.717) is 5.92 Å². The molecule has 136 valence electrons. The maximum absolute atomic E-state index is 5.56. The first-order chi connectivity index (χ1) is 11.7. The van der Waals surface area contributed by atoms with Gasteiger partial charge in [0.1, 0.15) is 5.82 Å². The number of ether oxygens (including phenoxy) is 1. The molecule has 0 saturated heterocycles. The first-order valence-electron chi connectivity index (χ1n) is 8.89. The molecule has 0 aromatic carbocycles. The second-order valence-electron chi connectivity index (χ2n) is 6.10. The second-order valence-corrected chi connectivity index (χ2v) is 6.10. The zero-order valence-electron chi connectivity index (χ0n) is 15.3. The fourth-order valence-electron chi connectivity index (χ4n) is 2.06. The van der Waals surface area contributed by atoms with Gasteiger partial charge in [-0.2, -0.15) is 0 Å². The normalized spacial score (nSPS) is 11.6. The standard InChI is InChI=1S/C18H33N5O/c1-16(2)15-24-14-8-13-23-18(19-3)22-12-7-6-11-21-17-9-4-5-10-20-17/h4-5,9-10,16H,6-8,11-15H2,1-3H3,(H,20,21)(H2,19,22,23). The number of guanidine groups is 1. The van der Waals surface area contributed by atoms with Crippen molar-refractivity contribution < 1.29 is 4.74 Å². The Morgan fingerprint density at radius 2 is 1.88 bits per heavy atom. The highest BCUT2D eigenvalue weighted by atomic mass is 16.5. The first kappa shape index (κ1) is 20.2. The fraction of sp³-hybridized carbons (Fsp3) is 0.667. The average Bonchev–Trinajstić information content (AvgIpc) is 2.59. The van der Waals surface area contributed by atoms with E-state index in [4.69, 9.17) is 4.74 Å². The molecule has 0 saturated carbocycles. The van der Waals surface area contributed by atoms with Crippen LogP contribution in [-0.2, 0) is 4.74 Å². The number of unbranched alkanes of at least 4 members (excludes halogenated alkanes) is 1. The summed E-state index contributed by atoms with van der Waals surface area (Å²) >= 11 is 0. The molecule has 0 unspecified atom stereocenters. The molecule has 0 aliphatic carbocycles. The summed E-state index contributed by atoms with van der Waals surface area (Å²) in [5, 5.41) is 9.95. The van der Waals surface area contributed by atoms with Crippen molar-refractivity contribution in [3.63, 3.8) is 0 Å². The van der Waals surface area contributed by atoms with E-state index in [1.807, 2.05) is 18.2 Å². The van der Waals surface area contributed by atoms with Crippen LogP contribution in [0.5, 0.6) is 0 Å². The Hall–Kier alpha value is -1.82. The molecule has 0 aliphatic heterocycles. The molecule has 6 nitrogen and oxygen atoms in total. The lowest BCUT2D eigenvalue weighted by Crippen LogP contribution is -2.38. The van der Waals surface area contributed by atoms with Crippen LogP contribution in [0.25, 0.3) is 0 Å². The van der Waals surface area contributed by atoms with E-state index in [-0.39, 0.29) is 0 Å². The quantitative estimate of drug-likeness (QED) is 0.311. The molecule has 24 heavy (non-hydrogen) atoms. The van der Waals surface area contributed by atoms with Crippen LogP contribution in [0, 0.1) is 5.92 Å². The number of aromatic nitrogens is 1. The zero-order valence-corrected chi connectivity index (χ0v) is 15.3. The Morgan fingerprint density at radius 3 is 2.54 bits per heavy atom. The summed E-state index contributed by atoms with van der Waals surface area (Å²) in [5.74, 6) is 2.39. The molecule has 0 atom stereocenters. The van der Waals surface area contributed by atoms with Crippen molar-refractivity contribution in [3.8, 4) is 0 Å². The number of pyridine rings is 1. The van der Waals surface area contributed by atoms with Gasteiger partial charge >= 0.3 is 0 Å². The predicted octanol–water partition coefficient (Wildman–Crippen LogP) is 2.50. The number of nitrogens with zero attached hydrogens (tertiary/aromatic N) is 2. The number of aliphatic imine (C=N–C) groups is 1. The Morgan fingerprint density at radius 1 is 1.12 bits per heavy atom. The Kier molecular flexibility index (Phi) is 11.5. The Labute approximate surface area is 146 Å². The lowest BCUT2D eigenvalue weighted by molar-refractivity contribution is 0.108. The topological polar surface area (TPSA) is 70.6 Å². The summed E-state index contributed by atoms with van der Waals surface area (Å²) in [7, 11) is 1.80. The molecular weight excluding hydrogens is 302 g/mol. The van der Waals surface area contributed by atoms with Gasteiger partial charge < -0.3 is 20.7 Å². The molecule has 1 rings (SSSR count).